The number of rotatable bonds is 7. The summed E-state index contributed by atoms with van der Waals surface area (Å²) in [5.41, 5.74) is -1.43. The Labute approximate surface area is 155 Å². The molecule has 1 amide bonds. The Morgan fingerprint density at radius 3 is 2.24 bits per heavy atom. The number of nitrogens with zero attached hydrogens (tertiary/aromatic N) is 2. The molecule has 1 atom stereocenters. The predicted octanol–water partition coefficient (Wildman–Crippen LogP) is 2.08. The fraction of sp³-hybridized carbons (Fsp3) is 0.625. The van der Waals surface area contributed by atoms with E-state index in [4.69, 9.17) is 4.74 Å². The Morgan fingerprint density at radius 1 is 1.20 bits per heavy atom. The van der Waals surface area contributed by atoms with Gasteiger partial charge in [0.2, 0.25) is 0 Å². The molecule has 0 aromatic carbocycles. The van der Waals surface area contributed by atoms with Crippen LogP contribution in [0.1, 0.15) is 40.4 Å². The third kappa shape index (κ3) is 6.95. The van der Waals surface area contributed by atoms with Crippen LogP contribution >= 0.6 is 15.9 Å². The molecule has 1 heterocycles. The van der Waals surface area contributed by atoms with Gasteiger partial charge in [-0.1, -0.05) is 13.8 Å². The van der Waals surface area contributed by atoms with Crippen LogP contribution in [-0.4, -0.2) is 51.9 Å². The molecule has 1 aromatic heterocycles. The maximum Gasteiger partial charge on any atom is 0.407 e. The molecule has 1 unspecified atom stereocenters. The van der Waals surface area contributed by atoms with E-state index in [0.29, 0.717) is 10.3 Å². The summed E-state index contributed by atoms with van der Waals surface area (Å²) in [6, 6.07) is -0.922. The van der Waals surface area contributed by atoms with E-state index in [1.54, 1.807) is 47.0 Å². The van der Waals surface area contributed by atoms with Gasteiger partial charge in [-0.15, -0.1) is 0 Å². The third-order valence-corrected chi connectivity index (χ3v) is 3.72. The molecule has 0 spiro atoms. The topological polar surface area (TPSA) is 113 Å². The van der Waals surface area contributed by atoms with E-state index < -0.39 is 29.1 Å². The summed E-state index contributed by atoms with van der Waals surface area (Å²) in [6.07, 6.45) is 2.61. The van der Waals surface area contributed by atoms with Gasteiger partial charge in [-0.05, 0) is 36.7 Å². The monoisotopic (exact) mass is 416 g/mol. The molecule has 0 aliphatic carbocycles. The van der Waals surface area contributed by atoms with Crippen molar-refractivity contribution in [3.8, 4) is 0 Å². The summed E-state index contributed by atoms with van der Waals surface area (Å²) in [7, 11) is 0. The first kappa shape index (κ1) is 21.3. The quantitative estimate of drug-likeness (QED) is 0.582. The number of carbonyl (C=O) groups is 2. The molecule has 0 saturated carbocycles. The first-order valence-corrected chi connectivity index (χ1v) is 8.64. The Morgan fingerprint density at radius 2 is 1.76 bits per heavy atom. The average Bonchev–Trinajstić information content (AvgIpc) is 2.44. The highest BCUT2D eigenvalue weighted by Gasteiger charge is 2.38. The van der Waals surface area contributed by atoms with Crippen molar-refractivity contribution in [3.05, 3.63) is 22.7 Å². The van der Waals surface area contributed by atoms with Crippen LogP contribution in [0.5, 0.6) is 0 Å². The smallest absolute Gasteiger partial charge is 0.407 e. The second kappa shape index (κ2) is 8.57. The van der Waals surface area contributed by atoms with Gasteiger partial charge in [-0.25, -0.2) is 14.8 Å². The van der Waals surface area contributed by atoms with Crippen LogP contribution < -0.4 is 10.6 Å². The zero-order chi connectivity index (χ0) is 19.3. The highest BCUT2D eigenvalue weighted by atomic mass is 79.9. The van der Waals surface area contributed by atoms with E-state index in [-0.39, 0.29) is 13.1 Å². The number of hydrogen-bond donors (Lipinski definition) is 3. The Balaban J connectivity index is 2.64. The van der Waals surface area contributed by atoms with Gasteiger partial charge in [0.05, 0.1) is 9.89 Å². The van der Waals surface area contributed by atoms with E-state index in [2.05, 4.69) is 36.5 Å². The molecule has 0 saturated heterocycles. The lowest BCUT2D eigenvalue weighted by Crippen LogP contribution is -2.52. The lowest BCUT2D eigenvalue weighted by atomic mass is 9.83. The van der Waals surface area contributed by atoms with Crippen LogP contribution in [0.4, 0.5) is 4.79 Å². The minimum atomic E-state index is -1.02. The van der Waals surface area contributed by atoms with Crippen LogP contribution in [0.25, 0.3) is 0 Å². The molecule has 0 aliphatic rings. The van der Waals surface area contributed by atoms with Crippen molar-refractivity contribution in [1.82, 2.24) is 20.6 Å². The molecule has 0 aliphatic heterocycles. The van der Waals surface area contributed by atoms with E-state index >= 15 is 0 Å². The molecular weight excluding hydrogens is 392 g/mol. The van der Waals surface area contributed by atoms with E-state index in [1.807, 2.05) is 0 Å². The zero-order valence-electron chi connectivity index (χ0n) is 15.1. The average molecular weight is 417 g/mol. The number of halogens is 1. The summed E-state index contributed by atoms with van der Waals surface area (Å²) >= 11 is 3.25. The largest absolute Gasteiger partial charge is 0.480 e. The highest BCUT2D eigenvalue weighted by molar-refractivity contribution is 9.10. The number of carbonyl (C=O) groups excluding carboxylic acids is 1. The first-order valence-electron chi connectivity index (χ1n) is 7.84. The van der Waals surface area contributed by atoms with E-state index in [9.17, 15) is 14.7 Å². The molecular formula is C16H25BrN4O4. The molecule has 0 bridgehead atoms. The minimum Gasteiger partial charge on any atom is -0.480 e. The second-order valence-electron chi connectivity index (χ2n) is 7.10. The summed E-state index contributed by atoms with van der Waals surface area (Å²) in [5, 5.41) is 15.1. The molecule has 0 fully saturated rings. The summed E-state index contributed by atoms with van der Waals surface area (Å²) in [6.45, 7) is 9.31. The standard InChI is InChI=1S/C16H25BrN4O4/c1-15(2,3)25-14(24)19-7-6-18-11(12(22)23)16(4,5)13-20-8-10(17)9-21-13/h8-9,11,18H,6-7H2,1-5H3,(H,19,24)(H,22,23). The van der Waals surface area contributed by atoms with Crippen molar-refractivity contribution in [3.63, 3.8) is 0 Å². The van der Waals surface area contributed by atoms with Crippen LogP contribution in [-0.2, 0) is 14.9 Å². The SMILES string of the molecule is CC(C)(C)OC(=O)NCCNC(C(=O)O)C(C)(C)c1ncc(Br)cn1. The molecule has 140 valence electrons. The van der Waals surface area contributed by atoms with Crippen LogP contribution in [0.15, 0.2) is 16.9 Å². The normalized spacial score (nSPS) is 13.2. The maximum absolute atomic E-state index is 11.7. The summed E-state index contributed by atoms with van der Waals surface area (Å²) < 4.78 is 5.84. The number of carboxylic acids is 1. The van der Waals surface area contributed by atoms with Gasteiger partial charge in [-0.2, -0.15) is 0 Å². The van der Waals surface area contributed by atoms with Crippen molar-refractivity contribution in [1.29, 1.82) is 0 Å². The number of aromatic nitrogens is 2. The number of ether oxygens (including phenoxy) is 1. The maximum atomic E-state index is 11.7. The van der Waals surface area contributed by atoms with Crippen LogP contribution in [0, 0.1) is 0 Å². The summed E-state index contributed by atoms with van der Waals surface area (Å²) in [4.78, 5) is 31.6. The van der Waals surface area contributed by atoms with Crippen molar-refractivity contribution in [2.75, 3.05) is 13.1 Å². The van der Waals surface area contributed by atoms with E-state index in [1.165, 1.54) is 0 Å². The summed E-state index contributed by atoms with van der Waals surface area (Å²) in [5.74, 6) is -0.607. The van der Waals surface area contributed by atoms with Gasteiger partial charge in [0.25, 0.3) is 0 Å². The van der Waals surface area contributed by atoms with Crippen LogP contribution in [0.3, 0.4) is 0 Å². The molecule has 0 radical (unpaired) electrons. The molecule has 8 nitrogen and oxygen atoms in total. The zero-order valence-corrected chi connectivity index (χ0v) is 16.7. The second-order valence-corrected chi connectivity index (χ2v) is 8.02. The van der Waals surface area contributed by atoms with Crippen LogP contribution in [0.2, 0.25) is 0 Å². The van der Waals surface area contributed by atoms with Crippen molar-refractivity contribution < 1.29 is 19.4 Å². The predicted molar refractivity (Wildman–Crippen MR) is 96.4 cm³/mol. The molecule has 3 N–H and O–H groups in total. The minimum absolute atomic E-state index is 0.232. The van der Waals surface area contributed by atoms with Gasteiger partial charge < -0.3 is 20.5 Å². The van der Waals surface area contributed by atoms with Gasteiger partial charge in [-0.3, -0.25) is 4.79 Å². The van der Waals surface area contributed by atoms with Crippen molar-refractivity contribution in [2.24, 2.45) is 0 Å². The molecule has 1 aromatic rings. The highest BCUT2D eigenvalue weighted by Crippen LogP contribution is 2.24. The lowest BCUT2D eigenvalue weighted by Gasteiger charge is -2.30. The lowest BCUT2D eigenvalue weighted by molar-refractivity contribution is -0.141. The van der Waals surface area contributed by atoms with Crippen molar-refractivity contribution in [2.45, 2.75) is 51.7 Å². The number of alkyl carbamates (subject to hydrolysis) is 1. The number of amides is 1. The first-order chi connectivity index (χ1) is 11.4. The van der Waals surface area contributed by atoms with Gasteiger partial charge in [0.15, 0.2) is 0 Å². The number of carboxylic acid groups (broad SMARTS) is 1. The van der Waals surface area contributed by atoms with Gasteiger partial charge in [0.1, 0.15) is 17.5 Å². The fourth-order valence-corrected chi connectivity index (χ4v) is 2.33. The molecule has 9 heteroatoms. The molecule has 25 heavy (non-hydrogen) atoms. The van der Waals surface area contributed by atoms with E-state index in [0.717, 1.165) is 0 Å². The van der Waals surface area contributed by atoms with Gasteiger partial charge in [0, 0.05) is 25.5 Å². The molecule has 1 rings (SSSR count). The number of aliphatic carboxylic acids is 1. The Bertz CT molecular complexity index is 599. The van der Waals surface area contributed by atoms with Crippen molar-refractivity contribution >= 4 is 28.0 Å². The third-order valence-electron chi connectivity index (χ3n) is 3.31. The number of nitrogens with one attached hydrogen (secondary N) is 2. The Kier molecular flexibility index (Phi) is 7.30. The Hall–Kier alpha value is -1.74. The van der Waals surface area contributed by atoms with Gasteiger partial charge >= 0.3 is 12.1 Å². The number of hydrogen-bond acceptors (Lipinski definition) is 6. The fourth-order valence-electron chi connectivity index (χ4n) is 2.12.